The standard InChI is InChI=1S/C12H15Br/c1-9(8-13)7-12-10(2)5-4-6-11(12)3/h4-7H,8H2,1-3H3/b9-7-. The average Bonchev–Trinajstić information content (AvgIpc) is 2.11. The maximum absolute atomic E-state index is 3.45. The summed E-state index contributed by atoms with van der Waals surface area (Å²) < 4.78 is 0. The molecule has 0 N–H and O–H groups in total. The van der Waals surface area contributed by atoms with Crippen molar-refractivity contribution in [3.8, 4) is 0 Å². The lowest BCUT2D eigenvalue weighted by molar-refractivity contribution is 1.34. The lowest BCUT2D eigenvalue weighted by atomic mass is 10.0. The zero-order chi connectivity index (χ0) is 9.84. The Labute approximate surface area is 88.8 Å². The summed E-state index contributed by atoms with van der Waals surface area (Å²) in [7, 11) is 0. The fourth-order valence-corrected chi connectivity index (χ4v) is 1.50. The van der Waals surface area contributed by atoms with Gasteiger partial charge in [0.2, 0.25) is 0 Å². The van der Waals surface area contributed by atoms with Crippen molar-refractivity contribution in [2.45, 2.75) is 20.8 Å². The highest BCUT2D eigenvalue weighted by Gasteiger charge is 1.98. The van der Waals surface area contributed by atoms with Gasteiger partial charge in [0, 0.05) is 5.33 Å². The maximum Gasteiger partial charge on any atom is 0.0242 e. The first-order chi connectivity index (χ1) is 6.15. The topological polar surface area (TPSA) is 0 Å². The van der Waals surface area contributed by atoms with Gasteiger partial charge in [-0.2, -0.15) is 0 Å². The SMILES string of the molecule is C/C(=C/c1c(C)cccc1C)CBr. The predicted molar refractivity (Wildman–Crippen MR) is 63.4 cm³/mol. The highest BCUT2D eigenvalue weighted by Crippen LogP contribution is 2.17. The van der Waals surface area contributed by atoms with Gasteiger partial charge in [-0.15, -0.1) is 0 Å². The maximum atomic E-state index is 3.45. The molecule has 0 spiro atoms. The van der Waals surface area contributed by atoms with E-state index in [0.717, 1.165) is 5.33 Å². The lowest BCUT2D eigenvalue weighted by Crippen LogP contribution is -1.87. The molecule has 0 aliphatic heterocycles. The molecule has 0 fully saturated rings. The summed E-state index contributed by atoms with van der Waals surface area (Å²) in [5.74, 6) is 0. The van der Waals surface area contributed by atoms with Crippen molar-refractivity contribution < 1.29 is 0 Å². The Morgan fingerprint density at radius 2 is 1.85 bits per heavy atom. The van der Waals surface area contributed by atoms with Gasteiger partial charge >= 0.3 is 0 Å². The number of halogens is 1. The van der Waals surface area contributed by atoms with Gasteiger partial charge in [-0.25, -0.2) is 0 Å². The van der Waals surface area contributed by atoms with Crippen LogP contribution in [-0.4, -0.2) is 5.33 Å². The van der Waals surface area contributed by atoms with Crippen molar-refractivity contribution in [1.82, 2.24) is 0 Å². The Morgan fingerprint density at radius 3 is 2.31 bits per heavy atom. The van der Waals surface area contributed by atoms with Crippen LogP contribution in [0.5, 0.6) is 0 Å². The van der Waals surface area contributed by atoms with Crippen molar-refractivity contribution in [2.24, 2.45) is 0 Å². The van der Waals surface area contributed by atoms with Crippen LogP contribution < -0.4 is 0 Å². The minimum atomic E-state index is 0.945. The second kappa shape index (κ2) is 4.61. The fraction of sp³-hybridized carbons (Fsp3) is 0.333. The van der Waals surface area contributed by atoms with E-state index in [2.05, 4.69) is 61.0 Å². The third kappa shape index (κ3) is 2.70. The van der Waals surface area contributed by atoms with E-state index in [-0.39, 0.29) is 0 Å². The van der Waals surface area contributed by atoms with Crippen LogP contribution in [0.25, 0.3) is 6.08 Å². The molecule has 70 valence electrons. The Morgan fingerprint density at radius 1 is 1.31 bits per heavy atom. The van der Waals surface area contributed by atoms with Crippen LogP contribution in [0.4, 0.5) is 0 Å². The van der Waals surface area contributed by atoms with Crippen LogP contribution in [0.15, 0.2) is 23.8 Å². The van der Waals surface area contributed by atoms with E-state index in [9.17, 15) is 0 Å². The summed E-state index contributed by atoms with van der Waals surface area (Å²) in [6.07, 6.45) is 2.25. The van der Waals surface area contributed by atoms with E-state index in [0.29, 0.717) is 0 Å². The van der Waals surface area contributed by atoms with Crippen molar-refractivity contribution in [3.05, 3.63) is 40.5 Å². The molecule has 0 aromatic heterocycles. The molecule has 1 heteroatoms. The zero-order valence-electron chi connectivity index (χ0n) is 8.39. The smallest absolute Gasteiger partial charge is 0.0242 e. The van der Waals surface area contributed by atoms with Crippen LogP contribution in [0.1, 0.15) is 23.6 Å². The van der Waals surface area contributed by atoms with Gasteiger partial charge < -0.3 is 0 Å². The molecule has 1 aromatic carbocycles. The second-order valence-corrected chi connectivity index (χ2v) is 3.99. The molecule has 0 atom stereocenters. The summed E-state index contributed by atoms with van der Waals surface area (Å²) >= 11 is 3.45. The first kappa shape index (κ1) is 10.5. The van der Waals surface area contributed by atoms with Crippen LogP contribution in [0.3, 0.4) is 0 Å². The van der Waals surface area contributed by atoms with Gasteiger partial charge in [0.1, 0.15) is 0 Å². The Balaban J connectivity index is 3.14. The molecule has 1 rings (SSSR count). The average molecular weight is 239 g/mol. The minimum Gasteiger partial charge on any atom is -0.0880 e. The number of alkyl halides is 1. The van der Waals surface area contributed by atoms with Gasteiger partial charge in [0.25, 0.3) is 0 Å². The Hall–Kier alpha value is -0.560. The molecule has 0 aliphatic carbocycles. The molecule has 0 nitrogen and oxygen atoms in total. The number of hydrogen-bond donors (Lipinski definition) is 0. The van der Waals surface area contributed by atoms with E-state index in [1.54, 1.807) is 0 Å². The third-order valence-electron chi connectivity index (χ3n) is 2.14. The van der Waals surface area contributed by atoms with Crippen LogP contribution in [0.2, 0.25) is 0 Å². The molecular formula is C12H15Br. The highest BCUT2D eigenvalue weighted by atomic mass is 79.9. The third-order valence-corrected chi connectivity index (χ3v) is 3.03. The molecule has 0 heterocycles. The highest BCUT2D eigenvalue weighted by molar-refractivity contribution is 9.09. The van der Waals surface area contributed by atoms with Crippen LogP contribution in [0, 0.1) is 13.8 Å². The van der Waals surface area contributed by atoms with Gasteiger partial charge in [-0.05, 0) is 37.5 Å². The quantitative estimate of drug-likeness (QED) is 0.681. The summed E-state index contributed by atoms with van der Waals surface area (Å²) in [6, 6.07) is 6.41. The number of aryl methyl sites for hydroxylation is 2. The Kier molecular flexibility index (Phi) is 3.73. The van der Waals surface area contributed by atoms with Crippen LogP contribution >= 0.6 is 15.9 Å². The normalized spacial score (nSPS) is 11.8. The predicted octanol–water partition coefficient (Wildman–Crippen LogP) is 4.10. The fourth-order valence-electron chi connectivity index (χ4n) is 1.34. The second-order valence-electron chi connectivity index (χ2n) is 3.43. The summed E-state index contributed by atoms with van der Waals surface area (Å²) in [4.78, 5) is 0. The molecule has 0 bridgehead atoms. The number of rotatable bonds is 2. The molecule has 1 aromatic rings. The lowest BCUT2D eigenvalue weighted by Gasteiger charge is -2.05. The Bertz CT molecular complexity index is 304. The van der Waals surface area contributed by atoms with Gasteiger partial charge in [0.05, 0.1) is 0 Å². The van der Waals surface area contributed by atoms with Crippen LogP contribution in [-0.2, 0) is 0 Å². The molecule has 0 unspecified atom stereocenters. The summed E-state index contributed by atoms with van der Waals surface area (Å²) in [6.45, 7) is 6.45. The molecule has 0 amide bonds. The van der Waals surface area contributed by atoms with E-state index in [4.69, 9.17) is 0 Å². The van der Waals surface area contributed by atoms with Gasteiger partial charge in [-0.3, -0.25) is 0 Å². The number of benzene rings is 1. The molecule has 0 saturated heterocycles. The first-order valence-corrected chi connectivity index (χ1v) is 5.56. The minimum absolute atomic E-state index is 0.945. The zero-order valence-corrected chi connectivity index (χ0v) is 9.98. The summed E-state index contributed by atoms with van der Waals surface area (Å²) in [5.41, 5.74) is 5.41. The number of hydrogen-bond acceptors (Lipinski definition) is 0. The van der Waals surface area contributed by atoms with Crippen molar-refractivity contribution in [2.75, 3.05) is 5.33 Å². The molecule has 0 aliphatic rings. The van der Waals surface area contributed by atoms with E-state index < -0.39 is 0 Å². The molecular weight excluding hydrogens is 224 g/mol. The van der Waals surface area contributed by atoms with Gasteiger partial charge in [-0.1, -0.05) is 45.8 Å². The van der Waals surface area contributed by atoms with Crippen molar-refractivity contribution in [1.29, 1.82) is 0 Å². The van der Waals surface area contributed by atoms with E-state index in [1.165, 1.54) is 22.3 Å². The van der Waals surface area contributed by atoms with E-state index >= 15 is 0 Å². The monoisotopic (exact) mass is 238 g/mol. The first-order valence-electron chi connectivity index (χ1n) is 4.44. The van der Waals surface area contributed by atoms with Crippen molar-refractivity contribution >= 4 is 22.0 Å². The van der Waals surface area contributed by atoms with E-state index in [1.807, 2.05) is 0 Å². The van der Waals surface area contributed by atoms with Crippen molar-refractivity contribution in [3.63, 3.8) is 0 Å². The largest absolute Gasteiger partial charge is 0.0880 e. The number of allylic oxidation sites excluding steroid dienone is 1. The molecule has 0 saturated carbocycles. The molecule has 0 radical (unpaired) electrons. The van der Waals surface area contributed by atoms with Gasteiger partial charge in [0.15, 0.2) is 0 Å². The summed E-state index contributed by atoms with van der Waals surface area (Å²) in [5, 5.41) is 0.945. The molecule has 13 heavy (non-hydrogen) atoms.